The summed E-state index contributed by atoms with van der Waals surface area (Å²) in [6, 6.07) is 20.0. The molecule has 0 unspecified atom stereocenters. The summed E-state index contributed by atoms with van der Waals surface area (Å²) < 4.78 is 0. The van der Waals surface area contributed by atoms with Crippen molar-refractivity contribution in [3.63, 3.8) is 0 Å². The van der Waals surface area contributed by atoms with Crippen LogP contribution in [0.15, 0.2) is 60.7 Å². The van der Waals surface area contributed by atoms with E-state index < -0.39 is 0 Å². The third-order valence-electron chi connectivity index (χ3n) is 1.11. The van der Waals surface area contributed by atoms with Crippen LogP contribution in [-0.4, -0.2) is 0 Å². The predicted molar refractivity (Wildman–Crippen MR) is 44.1 cm³/mol. The van der Waals surface area contributed by atoms with Crippen molar-refractivity contribution in [3.05, 3.63) is 60.7 Å². The minimum Gasteiger partial charge on any atom is -0.214 e. The second kappa shape index (κ2) is 7.33. The molecule has 0 aromatic heterocycles. The van der Waals surface area contributed by atoms with E-state index in [4.69, 9.17) is 0 Å². The molecule has 0 nitrogen and oxygen atoms in total. The Labute approximate surface area is 78.1 Å². The third-order valence-corrected chi connectivity index (χ3v) is 1.11. The summed E-state index contributed by atoms with van der Waals surface area (Å²) in [4.78, 5) is 0. The van der Waals surface area contributed by atoms with Crippen LogP contribution >= 0.6 is 0 Å². The molecule has 0 N–H and O–H groups in total. The molecule has 0 radical (unpaired) electrons. The van der Waals surface area contributed by atoms with Crippen LogP contribution in [0.3, 0.4) is 0 Å². The summed E-state index contributed by atoms with van der Waals surface area (Å²) in [6.45, 7) is 0. The van der Waals surface area contributed by atoms with Crippen LogP contribution in [0.25, 0.3) is 0 Å². The van der Waals surface area contributed by atoms with Crippen molar-refractivity contribution in [2.75, 3.05) is 0 Å². The van der Waals surface area contributed by atoms with Crippen molar-refractivity contribution in [3.8, 4) is 0 Å². The van der Waals surface area contributed by atoms with Crippen LogP contribution in [0.4, 0.5) is 0 Å². The zero-order valence-corrected chi connectivity index (χ0v) is 7.23. The molecule has 0 bridgehead atoms. The van der Waals surface area contributed by atoms with Crippen LogP contribution < -0.4 is 0 Å². The van der Waals surface area contributed by atoms with Crippen molar-refractivity contribution >= 4 is 0 Å². The Morgan fingerprint density at radius 1 is 0.545 bits per heavy atom. The second-order valence-corrected chi connectivity index (χ2v) is 1.92. The zero-order valence-electron chi connectivity index (χ0n) is 6.13. The predicted octanol–water partition coefficient (Wildman–Crippen LogP) is 2.81. The molecule has 0 atom stereocenters. The molecule has 0 saturated heterocycles. The fourth-order valence-electron chi connectivity index (χ4n) is 0.642. The molecule has 1 heteroatoms. The van der Waals surface area contributed by atoms with E-state index in [0.29, 0.717) is 0 Å². The molecule has 11 heavy (non-hydrogen) atoms. The summed E-state index contributed by atoms with van der Waals surface area (Å²) in [5.74, 6) is 0. The van der Waals surface area contributed by atoms with Gasteiger partial charge in [0.1, 0.15) is 0 Å². The van der Waals surface area contributed by atoms with Gasteiger partial charge in [0.2, 0.25) is 0 Å². The molecule has 0 aliphatic heterocycles. The quantitative estimate of drug-likeness (QED) is 0.438. The third kappa shape index (κ3) is 5.65. The first-order chi connectivity index (χ1) is 5.00. The molecular formula is C10H10Fe+4. The van der Waals surface area contributed by atoms with Gasteiger partial charge in [0.15, 0.2) is 0 Å². The molecule has 0 aliphatic rings. The summed E-state index contributed by atoms with van der Waals surface area (Å²) >= 11 is 0. The molecule has 0 heterocycles. The van der Waals surface area contributed by atoms with Gasteiger partial charge in [-0.25, -0.2) is 24.3 Å². The minimum atomic E-state index is 0. The normalized spacial score (nSPS) is 7.27. The van der Waals surface area contributed by atoms with E-state index in [2.05, 4.69) is 0 Å². The van der Waals surface area contributed by atoms with Crippen LogP contribution in [0.1, 0.15) is 0 Å². The van der Waals surface area contributed by atoms with Crippen LogP contribution in [0, 0.1) is 0 Å². The van der Waals surface area contributed by atoms with Gasteiger partial charge in [-0.05, 0) is 0 Å². The van der Waals surface area contributed by atoms with Crippen molar-refractivity contribution in [2.24, 2.45) is 0 Å². The fraction of sp³-hybridized carbons (Fsp3) is 0. The van der Waals surface area contributed by atoms with Crippen molar-refractivity contribution < 1.29 is 17.1 Å². The Morgan fingerprint density at radius 2 is 0.818 bits per heavy atom. The first-order valence-electron chi connectivity index (χ1n) is 3.33. The van der Waals surface area contributed by atoms with Gasteiger partial charge in [-0.1, -0.05) is 0 Å². The molecule has 2 rings (SSSR count). The number of hydrogen-bond donors (Lipinski definition) is 0. The van der Waals surface area contributed by atoms with Gasteiger partial charge in [-0.3, -0.25) is 0 Å². The standard InChI is InChI=1S/2C5H5.Fe/c2*1-2-4-5-3-1;/h2*1-5H;/q2*-1;+6. The average molecular weight is 186 g/mol. The Morgan fingerprint density at radius 3 is 0.909 bits per heavy atom. The van der Waals surface area contributed by atoms with Gasteiger partial charge in [0, 0.05) is 0 Å². The Balaban J connectivity index is 0.000000167. The molecule has 2 aromatic carbocycles. The van der Waals surface area contributed by atoms with Gasteiger partial charge in [0.25, 0.3) is 0 Å². The number of hydrogen-bond acceptors (Lipinski definition) is 0. The Hall–Kier alpha value is -0.781. The zero-order chi connectivity index (χ0) is 7.07. The van der Waals surface area contributed by atoms with E-state index in [-0.39, 0.29) is 17.1 Å². The topological polar surface area (TPSA) is 0 Å². The number of rotatable bonds is 0. The van der Waals surface area contributed by atoms with E-state index in [1.807, 2.05) is 60.7 Å². The van der Waals surface area contributed by atoms with E-state index in [0.717, 1.165) is 0 Å². The van der Waals surface area contributed by atoms with Crippen molar-refractivity contribution in [1.82, 2.24) is 0 Å². The largest absolute Gasteiger partial charge is 6.00 e. The second-order valence-electron chi connectivity index (χ2n) is 1.92. The Bertz CT molecular complexity index is 144. The first kappa shape index (κ1) is 10.2. The summed E-state index contributed by atoms with van der Waals surface area (Å²) in [6.07, 6.45) is 0. The Kier molecular flexibility index (Phi) is 6.81. The molecule has 0 aliphatic carbocycles. The molecule has 0 amide bonds. The summed E-state index contributed by atoms with van der Waals surface area (Å²) in [5, 5.41) is 0. The molecular weight excluding hydrogens is 176 g/mol. The van der Waals surface area contributed by atoms with Crippen LogP contribution in [0.2, 0.25) is 0 Å². The van der Waals surface area contributed by atoms with Gasteiger partial charge in [-0.2, -0.15) is 36.4 Å². The molecule has 54 valence electrons. The smallest absolute Gasteiger partial charge is 0.214 e. The van der Waals surface area contributed by atoms with Crippen molar-refractivity contribution in [1.29, 1.82) is 0 Å². The van der Waals surface area contributed by atoms with E-state index >= 15 is 0 Å². The summed E-state index contributed by atoms with van der Waals surface area (Å²) in [5.41, 5.74) is 0. The first-order valence-corrected chi connectivity index (χ1v) is 3.33. The maximum atomic E-state index is 2.00. The maximum Gasteiger partial charge on any atom is 6.00 e. The monoisotopic (exact) mass is 186 g/mol. The molecule has 0 fully saturated rings. The van der Waals surface area contributed by atoms with Crippen LogP contribution in [-0.2, 0) is 17.1 Å². The molecule has 0 spiro atoms. The van der Waals surface area contributed by atoms with Gasteiger partial charge >= 0.3 is 17.1 Å². The molecule has 2 aromatic rings. The summed E-state index contributed by atoms with van der Waals surface area (Å²) in [7, 11) is 0. The maximum absolute atomic E-state index is 2.00. The fourth-order valence-corrected chi connectivity index (χ4v) is 0.642. The van der Waals surface area contributed by atoms with E-state index in [9.17, 15) is 0 Å². The minimum absolute atomic E-state index is 0. The average Bonchev–Trinajstić information content (AvgIpc) is 2.67. The van der Waals surface area contributed by atoms with E-state index in [1.54, 1.807) is 0 Å². The van der Waals surface area contributed by atoms with Crippen molar-refractivity contribution in [2.45, 2.75) is 0 Å². The molecule has 0 saturated carbocycles. The van der Waals surface area contributed by atoms with Gasteiger partial charge < -0.3 is 0 Å². The van der Waals surface area contributed by atoms with Gasteiger partial charge in [-0.15, -0.1) is 0 Å². The van der Waals surface area contributed by atoms with E-state index in [1.165, 1.54) is 0 Å². The van der Waals surface area contributed by atoms with Gasteiger partial charge in [0.05, 0.1) is 0 Å². The SMILES string of the molecule is [Fe+6].c1cc[cH-]c1.c1cc[cH-]c1. The van der Waals surface area contributed by atoms with Crippen LogP contribution in [0.5, 0.6) is 0 Å².